The molecule has 20 heavy (non-hydrogen) atoms. The average molecular weight is 288 g/mol. The summed E-state index contributed by atoms with van der Waals surface area (Å²) in [5.74, 6) is 2.87. The number of fused-ring (bicyclic) bond motifs is 5. The van der Waals surface area contributed by atoms with Crippen LogP contribution in [-0.2, 0) is 0 Å². The lowest BCUT2D eigenvalue weighted by atomic mass is 9.84. The number of ether oxygens (including phenoxy) is 1. The molecule has 2 heterocycles. The van der Waals surface area contributed by atoms with Gasteiger partial charge in [-0.2, -0.15) is 0 Å². The number of nitrogens with zero attached hydrogens (tertiary/aromatic N) is 1. The zero-order valence-electron chi connectivity index (χ0n) is 11.3. The fraction of sp³-hybridized carbons (Fsp3) is 0.294. The Balaban J connectivity index is 1.93. The molecule has 2 nitrogen and oxygen atoms in total. The fourth-order valence-electron chi connectivity index (χ4n) is 3.53. The molecule has 0 spiro atoms. The standard InChI is InChI=1S/C17H16ClNO/c1-19-9-14-12-4-2-3-5-16(12)20-17-7-6-11(18)8-13(17)15(14)10-19/h2-8,14-15H,9-10H2,1H3/t14-,15-/m0/s1/i1+2. The van der Waals surface area contributed by atoms with Crippen LogP contribution in [0.2, 0.25) is 5.02 Å². The molecule has 2 atom stereocenters. The molecule has 0 amide bonds. The Morgan fingerprint density at radius 3 is 2.55 bits per heavy atom. The summed E-state index contributed by atoms with van der Waals surface area (Å²) in [5, 5.41) is 0.784. The lowest BCUT2D eigenvalue weighted by Gasteiger charge is -2.17. The van der Waals surface area contributed by atoms with Crippen LogP contribution >= 0.6 is 11.6 Å². The summed E-state index contributed by atoms with van der Waals surface area (Å²) in [6.45, 7) is 2.12. The van der Waals surface area contributed by atoms with Crippen LogP contribution < -0.4 is 4.74 Å². The molecule has 0 saturated carbocycles. The molecule has 102 valence electrons. The number of hydrogen-bond donors (Lipinski definition) is 0. The largest absolute Gasteiger partial charge is 0.457 e. The lowest BCUT2D eigenvalue weighted by molar-refractivity contribution is 0.401. The highest BCUT2D eigenvalue weighted by Gasteiger charge is 2.38. The number of benzene rings is 2. The third-order valence-electron chi connectivity index (χ3n) is 4.41. The predicted octanol–water partition coefficient (Wildman–Crippen LogP) is 4.26. The number of halogens is 1. The van der Waals surface area contributed by atoms with E-state index in [9.17, 15) is 0 Å². The van der Waals surface area contributed by atoms with Crippen molar-refractivity contribution in [1.29, 1.82) is 0 Å². The molecule has 1 saturated heterocycles. The van der Waals surface area contributed by atoms with E-state index in [2.05, 4.69) is 36.2 Å². The van der Waals surface area contributed by atoms with Crippen LogP contribution in [0.1, 0.15) is 23.0 Å². The van der Waals surface area contributed by atoms with Crippen molar-refractivity contribution in [2.24, 2.45) is 0 Å². The van der Waals surface area contributed by atoms with E-state index in [1.165, 1.54) is 11.1 Å². The maximum absolute atomic E-state index is 6.20. The number of likely N-dealkylation sites (tertiary alicyclic amines) is 1. The topological polar surface area (TPSA) is 12.5 Å². The average Bonchev–Trinajstić information content (AvgIpc) is 2.78. The first-order valence-corrected chi connectivity index (χ1v) is 7.35. The Kier molecular flexibility index (Phi) is 2.76. The molecule has 0 unspecified atom stereocenters. The quantitative estimate of drug-likeness (QED) is 0.718. The van der Waals surface area contributed by atoms with E-state index in [-0.39, 0.29) is 0 Å². The van der Waals surface area contributed by atoms with E-state index in [0.717, 1.165) is 29.6 Å². The zero-order chi connectivity index (χ0) is 13.7. The Bertz CT molecular complexity index is 670. The Labute approximate surface area is 123 Å². The highest BCUT2D eigenvalue weighted by atomic mass is 35.5. The summed E-state index contributed by atoms with van der Waals surface area (Å²) in [5.41, 5.74) is 2.55. The lowest BCUT2D eigenvalue weighted by Crippen LogP contribution is -2.14. The van der Waals surface area contributed by atoms with E-state index >= 15 is 0 Å². The minimum Gasteiger partial charge on any atom is -0.457 e. The molecule has 2 aliphatic rings. The molecule has 0 radical (unpaired) electrons. The Hall–Kier alpha value is -1.51. The van der Waals surface area contributed by atoms with Crippen molar-refractivity contribution in [3.8, 4) is 11.5 Å². The van der Waals surface area contributed by atoms with Gasteiger partial charge in [0.1, 0.15) is 11.5 Å². The van der Waals surface area contributed by atoms with Gasteiger partial charge in [-0.15, -0.1) is 0 Å². The summed E-state index contributed by atoms with van der Waals surface area (Å²) in [6.07, 6.45) is 0. The van der Waals surface area contributed by atoms with Crippen LogP contribution in [0.3, 0.4) is 0 Å². The SMILES string of the molecule is [14CH3]N1C[C@H]2c3ccccc3Oc3ccc(Cl)cc3[C@@H]2C1. The van der Waals surface area contributed by atoms with Gasteiger partial charge in [0.25, 0.3) is 0 Å². The van der Waals surface area contributed by atoms with Gasteiger partial charge in [-0.3, -0.25) is 0 Å². The van der Waals surface area contributed by atoms with Crippen molar-refractivity contribution in [1.82, 2.24) is 4.90 Å². The highest BCUT2D eigenvalue weighted by Crippen LogP contribution is 2.49. The molecule has 0 aliphatic carbocycles. The number of para-hydroxylation sites is 1. The van der Waals surface area contributed by atoms with Crippen LogP contribution in [0.15, 0.2) is 42.5 Å². The third kappa shape index (κ3) is 1.83. The minimum atomic E-state index is 0.456. The van der Waals surface area contributed by atoms with Crippen LogP contribution in [0, 0.1) is 0 Å². The monoisotopic (exact) mass is 287 g/mol. The van der Waals surface area contributed by atoms with Crippen molar-refractivity contribution in [2.75, 3.05) is 20.1 Å². The molecule has 4 rings (SSSR count). The second-order valence-corrected chi connectivity index (χ2v) is 6.19. The van der Waals surface area contributed by atoms with E-state index in [1.807, 2.05) is 18.2 Å². The normalized spacial score (nSPS) is 24.3. The van der Waals surface area contributed by atoms with Gasteiger partial charge in [0.15, 0.2) is 0 Å². The number of likely N-dealkylation sites (N-methyl/N-ethyl adjacent to an activating group) is 1. The highest BCUT2D eigenvalue weighted by molar-refractivity contribution is 6.30. The third-order valence-corrected chi connectivity index (χ3v) is 4.65. The fourth-order valence-corrected chi connectivity index (χ4v) is 3.71. The van der Waals surface area contributed by atoms with Crippen molar-refractivity contribution in [2.45, 2.75) is 11.8 Å². The van der Waals surface area contributed by atoms with E-state index in [1.54, 1.807) is 0 Å². The maximum atomic E-state index is 6.20. The summed E-state index contributed by atoms with van der Waals surface area (Å²) in [6, 6.07) is 14.4. The maximum Gasteiger partial charge on any atom is 0.131 e. The molecule has 0 aromatic heterocycles. The van der Waals surface area contributed by atoms with Crippen LogP contribution in [0.4, 0.5) is 0 Å². The van der Waals surface area contributed by atoms with Crippen LogP contribution in [0.25, 0.3) is 0 Å². The molecule has 3 heteroatoms. The van der Waals surface area contributed by atoms with Gasteiger partial charge in [0, 0.05) is 35.5 Å². The van der Waals surface area contributed by atoms with Crippen molar-refractivity contribution < 1.29 is 4.74 Å². The Morgan fingerprint density at radius 2 is 1.70 bits per heavy atom. The molecular weight excluding hydrogens is 272 g/mol. The van der Waals surface area contributed by atoms with Crippen LogP contribution in [-0.4, -0.2) is 25.0 Å². The number of hydrogen-bond acceptors (Lipinski definition) is 2. The second-order valence-electron chi connectivity index (χ2n) is 5.76. The van der Waals surface area contributed by atoms with Gasteiger partial charge < -0.3 is 9.64 Å². The molecule has 1 fully saturated rings. The Morgan fingerprint density at radius 1 is 1.00 bits per heavy atom. The first kappa shape index (κ1) is 12.2. The van der Waals surface area contributed by atoms with Gasteiger partial charge in [0.05, 0.1) is 0 Å². The smallest absolute Gasteiger partial charge is 0.131 e. The van der Waals surface area contributed by atoms with E-state index in [4.69, 9.17) is 16.3 Å². The van der Waals surface area contributed by atoms with Gasteiger partial charge in [0.2, 0.25) is 0 Å². The van der Waals surface area contributed by atoms with Crippen molar-refractivity contribution in [3.05, 3.63) is 58.6 Å². The molecule has 2 aliphatic heterocycles. The molecular formula is C17H16ClNO. The molecule has 0 bridgehead atoms. The molecule has 2 aromatic rings. The first-order chi connectivity index (χ1) is 9.72. The van der Waals surface area contributed by atoms with Crippen molar-refractivity contribution in [3.63, 3.8) is 0 Å². The first-order valence-electron chi connectivity index (χ1n) is 6.97. The molecule has 2 aromatic carbocycles. The van der Waals surface area contributed by atoms with Gasteiger partial charge in [-0.05, 0) is 36.9 Å². The summed E-state index contributed by atoms with van der Waals surface area (Å²) >= 11 is 6.20. The van der Waals surface area contributed by atoms with Crippen LogP contribution in [0.5, 0.6) is 11.5 Å². The zero-order valence-corrected chi connectivity index (χ0v) is 12.1. The summed E-state index contributed by atoms with van der Waals surface area (Å²) < 4.78 is 6.15. The van der Waals surface area contributed by atoms with E-state index < -0.39 is 0 Å². The van der Waals surface area contributed by atoms with Gasteiger partial charge in [-0.25, -0.2) is 0 Å². The van der Waals surface area contributed by atoms with Gasteiger partial charge in [-0.1, -0.05) is 29.8 Å². The second kappa shape index (κ2) is 4.51. The van der Waals surface area contributed by atoms with Crippen molar-refractivity contribution >= 4 is 11.6 Å². The number of rotatable bonds is 0. The minimum absolute atomic E-state index is 0.456. The predicted molar refractivity (Wildman–Crippen MR) is 80.9 cm³/mol. The summed E-state index contributed by atoms with van der Waals surface area (Å²) in [4.78, 5) is 2.39. The van der Waals surface area contributed by atoms with E-state index in [0.29, 0.717) is 11.8 Å². The van der Waals surface area contributed by atoms with Gasteiger partial charge >= 0.3 is 0 Å². The summed E-state index contributed by atoms with van der Waals surface area (Å²) in [7, 11) is 2.18. The molecule has 0 N–H and O–H groups in total.